The molecule has 6 nitrogen and oxygen atoms in total. The summed E-state index contributed by atoms with van der Waals surface area (Å²) in [5.41, 5.74) is 7.55. The van der Waals surface area contributed by atoms with Crippen LogP contribution in [0.4, 0.5) is 5.69 Å². The van der Waals surface area contributed by atoms with Crippen molar-refractivity contribution in [2.24, 2.45) is 5.73 Å². The monoisotopic (exact) mass is 340 g/mol. The number of benzene rings is 2. The molecule has 0 aliphatic heterocycles. The van der Waals surface area contributed by atoms with Gasteiger partial charge in [-0.05, 0) is 36.8 Å². The van der Waals surface area contributed by atoms with E-state index >= 15 is 0 Å². The van der Waals surface area contributed by atoms with E-state index in [0.29, 0.717) is 33.9 Å². The van der Waals surface area contributed by atoms with Gasteiger partial charge < -0.3 is 20.5 Å². The zero-order valence-electron chi connectivity index (χ0n) is 14.3. The summed E-state index contributed by atoms with van der Waals surface area (Å²) in [7, 11) is 3.08. The number of ether oxygens (including phenoxy) is 2. The molecule has 0 atom stereocenters. The number of nitrogens with one attached hydrogen (secondary N) is 1. The molecule has 0 unspecified atom stereocenters. The molecular weight excluding hydrogens is 320 g/mol. The molecule has 0 saturated heterocycles. The van der Waals surface area contributed by atoms with Gasteiger partial charge in [0.1, 0.15) is 0 Å². The Kier molecular flexibility index (Phi) is 5.79. The van der Waals surface area contributed by atoms with Gasteiger partial charge in [0.25, 0.3) is 0 Å². The van der Waals surface area contributed by atoms with Gasteiger partial charge >= 0.3 is 0 Å². The van der Waals surface area contributed by atoms with Crippen LogP contribution in [0.3, 0.4) is 0 Å². The highest BCUT2D eigenvalue weighted by Crippen LogP contribution is 2.31. The number of hydrogen-bond donors (Lipinski definition) is 2. The molecule has 0 aliphatic carbocycles. The van der Waals surface area contributed by atoms with Gasteiger partial charge in [0.2, 0.25) is 11.8 Å². The molecule has 2 aromatic carbocycles. The number of amides is 2. The summed E-state index contributed by atoms with van der Waals surface area (Å²) < 4.78 is 10.5. The van der Waals surface area contributed by atoms with E-state index in [1.165, 1.54) is 13.2 Å². The van der Waals surface area contributed by atoms with E-state index in [2.05, 4.69) is 5.32 Å². The molecule has 2 rings (SSSR count). The summed E-state index contributed by atoms with van der Waals surface area (Å²) in [5.74, 6) is 0.246. The minimum Gasteiger partial charge on any atom is -0.493 e. The van der Waals surface area contributed by atoms with Gasteiger partial charge in [0.05, 0.1) is 14.2 Å². The molecule has 3 N–H and O–H groups in total. The van der Waals surface area contributed by atoms with Gasteiger partial charge in [-0.25, -0.2) is 0 Å². The van der Waals surface area contributed by atoms with E-state index in [4.69, 9.17) is 15.2 Å². The number of rotatable bonds is 6. The van der Waals surface area contributed by atoms with Crippen LogP contribution < -0.4 is 20.5 Å². The van der Waals surface area contributed by atoms with Gasteiger partial charge in [-0.1, -0.05) is 18.2 Å². The van der Waals surface area contributed by atoms with Gasteiger partial charge in [-0.2, -0.15) is 0 Å². The van der Waals surface area contributed by atoms with Crippen LogP contribution in [-0.2, 0) is 4.79 Å². The Morgan fingerprint density at radius 3 is 2.44 bits per heavy atom. The van der Waals surface area contributed by atoms with Crippen molar-refractivity contribution in [3.05, 3.63) is 59.2 Å². The standard InChI is InChI=1S/C19H20N2O4/c1-12-14(19(20)23)7-5-8-15(12)21-17(22)11-10-13-6-4-9-16(24-2)18(13)25-3/h4-11H,1-3H3,(H2,20,23)(H,21,22)/b11-10+. The lowest BCUT2D eigenvalue weighted by atomic mass is 10.1. The highest BCUT2D eigenvalue weighted by atomic mass is 16.5. The predicted molar refractivity (Wildman–Crippen MR) is 96.9 cm³/mol. The summed E-state index contributed by atoms with van der Waals surface area (Å²) in [6.45, 7) is 1.73. The maximum absolute atomic E-state index is 12.2. The maximum atomic E-state index is 12.2. The molecule has 2 aromatic rings. The smallest absolute Gasteiger partial charge is 0.249 e. The molecule has 25 heavy (non-hydrogen) atoms. The Balaban J connectivity index is 2.20. The van der Waals surface area contributed by atoms with E-state index in [1.54, 1.807) is 50.4 Å². The van der Waals surface area contributed by atoms with Gasteiger partial charge in [0, 0.05) is 22.9 Å². The second kappa shape index (κ2) is 8.01. The number of para-hydroxylation sites is 1. The molecule has 0 aromatic heterocycles. The summed E-state index contributed by atoms with van der Waals surface area (Å²) >= 11 is 0. The predicted octanol–water partition coefficient (Wildman–Crippen LogP) is 2.76. The van der Waals surface area contributed by atoms with Crippen LogP contribution in [0.5, 0.6) is 11.5 Å². The summed E-state index contributed by atoms with van der Waals surface area (Å²) in [4.78, 5) is 23.6. The van der Waals surface area contributed by atoms with Crippen LogP contribution in [0.25, 0.3) is 6.08 Å². The Labute approximate surface area is 146 Å². The summed E-state index contributed by atoms with van der Waals surface area (Å²) in [6.07, 6.45) is 3.01. The number of hydrogen-bond acceptors (Lipinski definition) is 4. The fourth-order valence-electron chi connectivity index (χ4n) is 2.42. The largest absolute Gasteiger partial charge is 0.493 e. The normalized spacial score (nSPS) is 10.5. The van der Waals surface area contributed by atoms with Crippen LogP contribution in [0, 0.1) is 6.92 Å². The first-order chi connectivity index (χ1) is 12.0. The second-order valence-electron chi connectivity index (χ2n) is 5.25. The number of anilines is 1. The lowest BCUT2D eigenvalue weighted by Gasteiger charge is -2.10. The molecule has 0 aliphatic rings. The van der Waals surface area contributed by atoms with E-state index in [-0.39, 0.29) is 5.91 Å². The Morgan fingerprint density at radius 2 is 1.80 bits per heavy atom. The number of nitrogens with two attached hydrogens (primary N) is 1. The molecular formula is C19H20N2O4. The van der Waals surface area contributed by atoms with Crippen molar-refractivity contribution in [1.29, 1.82) is 0 Å². The molecule has 0 spiro atoms. The number of methoxy groups -OCH3 is 2. The SMILES string of the molecule is COc1cccc(/C=C/C(=O)Nc2cccc(C(N)=O)c2C)c1OC. The molecule has 2 amide bonds. The fraction of sp³-hybridized carbons (Fsp3) is 0.158. The Hall–Kier alpha value is -3.28. The number of carbonyl (C=O) groups is 2. The van der Waals surface area contributed by atoms with Crippen molar-refractivity contribution in [3.63, 3.8) is 0 Å². The first-order valence-electron chi connectivity index (χ1n) is 7.57. The number of primary amides is 1. The van der Waals surface area contributed by atoms with Crippen molar-refractivity contribution >= 4 is 23.6 Å². The highest BCUT2D eigenvalue weighted by Gasteiger charge is 2.10. The van der Waals surface area contributed by atoms with Crippen molar-refractivity contribution in [2.45, 2.75) is 6.92 Å². The van der Waals surface area contributed by atoms with Crippen LogP contribution in [0.1, 0.15) is 21.5 Å². The first-order valence-corrected chi connectivity index (χ1v) is 7.57. The molecule has 0 heterocycles. The Morgan fingerprint density at radius 1 is 1.08 bits per heavy atom. The third-order valence-corrected chi connectivity index (χ3v) is 3.70. The Bertz CT molecular complexity index is 828. The number of carbonyl (C=O) groups excluding carboxylic acids is 2. The van der Waals surface area contributed by atoms with Crippen molar-refractivity contribution in [2.75, 3.05) is 19.5 Å². The third kappa shape index (κ3) is 4.17. The average molecular weight is 340 g/mol. The minimum absolute atomic E-state index is 0.338. The van der Waals surface area contributed by atoms with Crippen LogP contribution in [-0.4, -0.2) is 26.0 Å². The lowest BCUT2D eigenvalue weighted by Crippen LogP contribution is -2.15. The average Bonchev–Trinajstić information content (AvgIpc) is 2.60. The van der Waals surface area contributed by atoms with E-state index in [1.807, 2.05) is 6.07 Å². The topological polar surface area (TPSA) is 90.6 Å². The first kappa shape index (κ1) is 18.1. The molecule has 0 saturated carbocycles. The van der Waals surface area contributed by atoms with Crippen LogP contribution in [0.15, 0.2) is 42.5 Å². The zero-order chi connectivity index (χ0) is 18.4. The molecule has 0 fully saturated rings. The second-order valence-corrected chi connectivity index (χ2v) is 5.25. The maximum Gasteiger partial charge on any atom is 0.249 e. The van der Waals surface area contributed by atoms with Gasteiger partial charge in [-0.15, -0.1) is 0 Å². The lowest BCUT2D eigenvalue weighted by molar-refractivity contribution is -0.111. The summed E-state index contributed by atoms with van der Waals surface area (Å²) in [6, 6.07) is 10.4. The van der Waals surface area contributed by atoms with Crippen LogP contribution >= 0.6 is 0 Å². The van der Waals surface area contributed by atoms with Crippen molar-refractivity contribution in [3.8, 4) is 11.5 Å². The molecule has 130 valence electrons. The van der Waals surface area contributed by atoms with E-state index in [0.717, 1.165) is 0 Å². The molecule has 6 heteroatoms. The minimum atomic E-state index is -0.537. The highest BCUT2D eigenvalue weighted by molar-refractivity contribution is 6.04. The van der Waals surface area contributed by atoms with Crippen molar-refractivity contribution in [1.82, 2.24) is 0 Å². The van der Waals surface area contributed by atoms with Crippen molar-refractivity contribution < 1.29 is 19.1 Å². The van der Waals surface area contributed by atoms with E-state index < -0.39 is 5.91 Å². The van der Waals surface area contributed by atoms with Gasteiger partial charge in [-0.3, -0.25) is 9.59 Å². The van der Waals surface area contributed by atoms with Crippen LogP contribution in [0.2, 0.25) is 0 Å². The molecule has 0 bridgehead atoms. The third-order valence-electron chi connectivity index (χ3n) is 3.70. The summed E-state index contributed by atoms with van der Waals surface area (Å²) in [5, 5.41) is 2.74. The zero-order valence-corrected chi connectivity index (χ0v) is 14.3. The fourth-order valence-corrected chi connectivity index (χ4v) is 2.42. The van der Waals surface area contributed by atoms with Gasteiger partial charge in [0.15, 0.2) is 11.5 Å². The quantitative estimate of drug-likeness (QED) is 0.791. The van der Waals surface area contributed by atoms with E-state index in [9.17, 15) is 9.59 Å². The molecule has 0 radical (unpaired) electrons.